The van der Waals surface area contributed by atoms with Crippen molar-refractivity contribution in [3.05, 3.63) is 47.0 Å². The number of benzene rings is 1. The van der Waals surface area contributed by atoms with Gasteiger partial charge in [-0.25, -0.2) is 4.98 Å². The molecule has 1 aromatic carbocycles. The molecule has 0 unspecified atom stereocenters. The average Bonchev–Trinajstić information content (AvgIpc) is 3.35. The number of hydrogen-bond donors (Lipinski definition) is 1. The summed E-state index contributed by atoms with van der Waals surface area (Å²) in [5, 5.41) is 9.19. The van der Waals surface area contributed by atoms with Crippen LogP contribution in [-0.2, 0) is 27.7 Å². The molecule has 0 bridgehead atoms. The molecule has 2 aromatic rings. The van der Waals surface area contributed by atoms with Gasteiger partial charge in [-0.15, -0.1) is 0 Å². The summed E-state index contributed by atoms with van der Waals surface area (Å²) in [5.41, 5.74) is 5.20. The lowest BCUT2D eigenvalue weighted by Crippen LogP contribution is -2.55. The molecule has 162 valence electrons. The van der Waals surface area contributed by atoms with Gasteiger partial charge in [0.15, 0.2) is 5.79 Å². The first-order chi connectivity index (χ1) is 14.5. The minimum absolute atomic E-state index is 0.0675. The summed E-state index contributed by atoms with van der Waals surface area (Å²) in [6.07, 6.45) is 5.89. The van der Waals surface area contributed by atoms with Crippen LogP contribution in [0.4, 0.5) is 0 Å². The molecule has 0 radical (unpaired) electrons. The summed E-state index contributed by atoms with van der Waals surface area (Å²) in [4.78, 5) is 5.17. The van der Waals surface area contributed by atoms with Crippen LogP contribution in [0.1, 0.15) is 62.3 Å². The maximum atomic E-state index is 9.19. The summed E-state index contributed by atoms with van der Waals surface area (Å²) < 4.78 is 14.7. The molecule has 0 amide bonds. The summed E-state index contributed by atoms with van der Waals surface area (Å²) >= 11 is 0. The van der Waals surface area contributed by atoms with Crippen LogP contribution in [0, 0.1) is 18.8 Å². The molecule has 1 saturated heterocycles. The highest BCUT2D eigenvalue weighted by Crippen LogP contribution is 2.56. The van der Waals surface area contributed by atoms with Crippen molar-refractivity contribution in [3.63, 3.8) is 0 Å². The highest BCUT2D eigenvalue weighted by Gasteiger charge is 2.58. The van der Waals surface area contributed by atoms with Gasteiger partial charge in [0, 0.05) is 35.7 Å². The third-order valence-corrected chi connectivity index (χ3v) is 8.05. The molecule has 2 aliphatic carbocycles. The fraction of sp³-hybridized carbons (Fsp3) is 0.640. The quantitative estimate of drug-likeness (QED) is 0.825. The Morgan fingerprint density at radius 2 is 2.03 bits per heavy atom. The third-order valence-electron chi connectivity index (χ3n) is 8.05. The molecular formula is C25H34N2O3. The second-order valence-corrected chi connectivity index (χ2v) is 9.65. The van der Waals surface area contributed by atoms with Crippen LogP contribution in [0.3, 0.4) is 0 Å². The van der Waals surface area contributed by atoms with Crippen molar-refractivity contribution in [1.29, 1.82) is 0 Å². The molecule has 1 spiro atoms. The van der Waals surface area contributed by atoms with E-state index in [0.717, 1.165) is 57.6 Å². The minimum atomic E-state index is -0.375. The van der Waals surface area contributed by atoms with E-state index in [1.165, 1.54) is 22.6 Å². The first kappa shape index (κ1) is 20.2. The van der Waals surface area contributed by atoms with Crippen molar-refractivity contribution in [2.75, 3.05) is 19.8 Å². The smallest absolute Gasteiger partial charge is 0.171 e. The van der Waals surface area contributed by atoms with Gasteiger partial charge in [-0.3, -0.25) is 0 Å². The Hall–Kier alpha value is -1.69. The Bertz CT molecular complexity index is 930. The molecule has 1 N–H and O–H groups in total. The van der Waals surface area contributed by atoms with E-state index in [0.29, 0.717) is 11.8 Å². The Labute approximate surface area is 179 Å². The minimum Gasteiger partial charge on any atom is -0.396 e. The molecule has 1 aliphatic heterocycles. The molecule has 3 aliphatic rings. The van der Waals surface area contributed by atoms with E-state index in [1.54, 1.807) is 0 Å². The maximum absolute atomic E-state index is 9.19. The predicted molar refractivity (Wildman–Crippen MR) is 116 cm³/mol. The number of hydrogen-bond acceptors (Lipinski definition) is 4. The average molecular weight is 411 g/mol. The van der Waals surface area contributed by atoms with E-state index in [2.05, 4.69) is 49.6 Å². The van der Waals surface area contributed by atoms with Gasteiger partial charge in [-0.05, 0) is 62.6 Å². The number of imidazole rings is 1. The summed E-state index contributed by atoms with van der Waals surface area (Å²) in [6.45, 7) is 8.55. The first-order valence-electron chi connectivity index (χ1n) is 11.6. The van der Waals surface area contributed by atoms with Crippen LogP contribution in [0.15, 0.2) is 24.3 Å². The number of fused-ring (bicyclic) bond motifs is 3. The van der Waals surface area contributed by atoms with Gasteiger partial charge in [0.2, 0.25) is 0 Å². The van der Waals surface area contributed by atoms with E-state index in [4.69, 9.17) is 14.5 Å². The van der Waals surface area contributed by atoms with Crippen molar-refractivity contribution in [2.45, 2.75) is 70.5 Å². The van der Waals surface area contributed by atoms with Gasteiger partial charge in [-0.2, -0.15) is 0 Å². The predicted octanol–water partition coefficient (Wildman–Crippen LogP) is 4.10. The maximum Gasteiger partial charge on any atom is 0.171 e. The molecule has 1 saturated carbocycles. The molecule has 3 atom stereocenters. The highest BCUT2D eigenvalue weighted by atomic mass is 16.7. The lowest BCUT2D eigenvalue weighted by Gasteiger charge is -2.53. The Kier molecular flexibility index (Phi) is 5.04. The molecule has 1 aromatic heterocycles. The molecular weight excluding hydrogens is 376 g/mol. The lowest BCUT2D eigenvalue weighted by atomic mass is 9.55. The SMILES string of the molecule is Cc1nc2c(n1-c1cccc(CCCO)c1)CC[C@H]1[C@H](C)C3(CC[C@]21C)OCCO3. The fourth-order valence-corrected chi connectivity index (χ4v) is 6.48. The summed E-state index contributed by atoms with van der Waals surface area (Å²) in [7, 11) is 0. The number of aliphatic hydroxyl groups excluding tert-OH is 1. The van der Waals surface area contributed by atoms with Gasteiger partial charge in [0.05, 0.1) is 18.9 Å². The van der Waals surface area contributed by atoms with Crippen LogP contribution in [0.5, 0.6) is 0 Å². The van der Waals surface area contributed by atoms with Crippen molar-refractivity contribution < 1.29 is 14.6 Å². The Morgan fingerprint density at radius 1 is 1.23 bits per heavy atom. The van der Waals surface area contributed by atoms with Crippen LogP contribution in [0.2, 0.25) is 0 Å². The molecule has 2 fully saturated rings. The van der Waals surface area contributed by atoms with E-state index < -0.39 is 0 Å². The van der Waals surface area contributed by atoms with Crippen LogP contribution >= 0.6 is 0 Å². The number of aliphatic hydroxyl groups is 1. The molecule has 30 heavy (non-hydrogen) atoms. The van der Waals surface area contributed by atoms with Gasteiger partial charge >= 0.3 is 0 Å². The van der Waals surface area contributed by atoms with Crippen molar-refractivity contribution in [3.8, 4) is 5.69 Å². The second-order valence-electron chi connectivity index (χ2n) is 9.65. The zero-order valence-electron chi connectivity index (χ0n) is 18.5. The summed E-state index contributed by atoms with van der Waals surface area (Å²) in [6, 6.07) is 8.73. The van der Waals surface area contributed by atoms with E-state index in [9.17, 15) is 5.11 Å². The molecule has 5 rings (SSSR count). The monoisotopic (exact) mass is 410 g/mol. The lowest BCUT2D eigenvalue weighted by molar-refractivity contribution is -0.234. The molecule has 2 heterocycles. The van der Waals surface area contributed by atoms with Crippen LogP contribution in [0.25, 0.3) is 5.69 Å². The van der Waals surface area contributed by atoms with Gasteiger partial charge in [0.25, 0.3) is 0 Å². The van der Waals surface area contributed by atoms with E-state index in [-0.39, 0.29) is 17.8 Å². The van der Waals surface area contributed by atoms with E-state index >= 15 is 0 Å². The van der Waals surface area contributed by atoms with Crippen molar-refractivity contribution in [2.24, 2.45) is 11.8 Å². The Morgan fingerprint density at radius 3 is 2.80 bits per heavy atom. The van der Waals surface area contributed by atoms with Crippen molar-refractivity contribution >= 4 is 0 Å². The standard InChI is InChI=1S/C25H34N2O3/c1-17-21-9-10-22-23(24(21,3)11-12-25(17)29-14-15-30-25)26-18(2)27(22)20-8-4-6-19(16-20)7-5-13-28/h4,6,8,16-17,21,28H,5,7,9-15H2,1-3H3/t17-,21-,24-/m0/s1. The summed E-state index contributed by atoms with van der Waals surface area (Å²) in [5.74, 6) is 1.59. The van der Waals surface area contributed by atoms with Crippen LogP contribution in [-0.4, -0.2) is 40.3 Å². The number of nitrogens with zero attached hydrogens (tertiary/aromatic N) is 2. The fourth-order valence-electron chi connectivity index (χ4n) is 6.48. The van der Waals surface area contributed by atoms with Gasteiger partial charge in [-0.1, -0.05) is 26.0 Å². The molecule has 5 heteroatoms. The second kappa shape index (κ2) is 7.47. The number of aryl methyl sites for hydroxylation is 2. The number of rotatable bonds is 4. The molecule has 5 nitrogen and oxygen atoms in total. The highest BCUT2D eigenvalue weighted by molar-refractivity contribution is 5.43. The number of aromatic nitrogens is 2. The zero-order valence-corrected chi connectivity index (χ0v) is 18.5. The van der Waals surface area contributed by atoms with Crippen molar-refractivity contribution in [1.82, 2.24) is 9.55 Å². The topological polar surface area (TPSA) is 56.5 Å². The van der Waals surface area contributed by atoms with Gasteiger partial charge < -0.3 is 19.1 Å². The number of ether oxygens (including phenoxy) is 2. The van der Waals surface area contributed by atoms with E-state index in [1.807, 2.05) is 0 Å². The third kappa shape index (κ3) is 2.97. The van der Waals surface area contributed by atoms with Crippen LogP contribution < -0.4 is 0 Å². The van der Waals surface area contributed by atoms with Gasteiger partial charge in [0.1, 0.15) is 5.82 Å². The normalized spacial score (nSPS) is 29.7. The zero-order chi connectivity index (χ0) is 20.9. The Balaban J connectivity index is 1.52. The first-order valence-corrected chi connectivity index (χ1v) is 11.6. The largest absolute Gasteiger partial charge is 0.396 e.